The second-order valence-corrected chi connectivity index (χ2v) is 8.09. The molecule has 28 heavy (non-hydrogen) atoms. The Morgan fingerprint density at radius 3 is 2.71 bits per heavy atom. The number of nitrogens with zero attached hydrogens (tertiary/aromatic N) is 2. The topological polar surface area (TPSA) is 45.9 Å². The maximum Gasteiger partial charge on any atom is 0.257 e. The first kappa shape index (κ1) is 19.2. The first-order valence-corrected chi connectivity index (χ1v) is 10.4. The Kier molecular flexibility index (Phi) is 6.13. The third kappa shape index (κ3) is 4.31. The van der Waals surface area contributed by atoms with Gasteiger partial charge in [-0.3, -0.25) is 9.69 Å². The van der Waals surface area contributed by atoms with Crippen LogP contribution in [0.4, 0.5) is 0 Å². The van der Waals surface area contributed by atoms with Crippen LogP contribution in [0.1, 0.15) is 34.3 Å². The van der Waals surface area contributed by atoms with Crippen molar-refractivity contribution in [1.29, 1.82) is 0 Å². The third-order valence-corrected chi connectivity index (χ3v) is 6.20. The molecule has 2 heterocycles. The zero-order chi connectivity index (χ0) is 19.3. The van der Waals surface area contributed by atoms with Gasteiger partial charge in [-0.25, -0.2) is 0 Å². The summed E-state index contributed by atoms with van der Waals surface area (Å²) in [5.74, 6) is 0.543. The monoisotopic (exact) mass is 382 g/mol. The van der Waals surface area contributed by atoms with Gasteiger partial charge in [0.25, 0.3) is 5.91 Å². The average Bonchev–Trinajstić information content (AvgIpc) is 3.40. The Morgan fingerprint density at radius 1 is 1.25 bits per heavy atom. The number of benzene rings is 1. The fourth-order valence-corrected chi connectivity index (χ4v) is 4.73. The van der Waals surface area contributed by atoms with E-state index in [1.54, 1.807) is 19.4 Å². The molecule has 0 unspecified atom stereocenters. The number of hydrogen-bond donors (Lipinski definition) is 0. The molecule has 1 fully saturated rings. The van der Waals surface area contributed by atoms with Gasteiger partial charge in [-0.15, -0.1) is 0 Å². The summed E-state index contributed by atoms with van der Waals surface area (Å²) in [6.07, 6.45) is 7.79. The van der Waals surface area contributed by atoms with Crippen LogP contribution in [0.25, 0.3) is 0 Å². The predicted molar refractivity (Wildman–Crippen MR) is 108 cm³/mol. The molecule has 0 spiro atoms. The molecular formula is C23H30N2O3. The van der Waals surface area contributed by atoms with Gasteiger partial charge < -0.3 is 14.1 Å². The molecule has 2 aliphatic rings. The van der Waals surface area contributed by atoms with Crippen molar-refractivity contribution in [1.82, 2.24) is 9.80 Å². The molecule has 0 saturated carbocycles. The molecule has 2 aromatic rings. The molecular weight excluding hydrogens is 352 g/mol. The van der Waals surface area contributed by atoms with E-state index >= 15 is 0 Å². The molecule has 4 rings (SSSR count). The van der Waals surface area contributed by atoms with E-state index in [1.165, 1.54) is 36.8 Å². The minimum absolute atomic E-state index is 0.0381. The van der Waals surface area contributed by atoms with Crippen LogP contribution < -0.4 is 0 Å². The van der Waals surface area contributed by atoms with Crippen molar-refractivity contribution in [2.24, 2.45) is 5.92 Å². The number of carbonyl (C=O) groups excluding carboxylic acids is 1. The zero-order valence-corrected chi connectivity index (χ0v) is 16.7. The van der Waals surface area contributed by atoms with Crippen LogP contribution in [-0.2, 0) is 17.6 Å². The maximum absolute atomic E-state index is 12.9. The summed E-state index contributed by atoms with van der Waals surface area (Å²) in [6, 6.07) is 11.2. The van der Waals surface area contributed by atoms with Crippen LogP contribution in [0.2, 0.25) is 0 Å². The van der Waals surface area contributed by atoms with Crippen LogP contribution in [0.3, 0.4) is 0 Å². The number of piperidine rings is 1. The summed E-state index contributed by atoms with van der Waals surface area (Å²) in [6.45, 7) is 4.19. The lowest BCUT2D eigenvalue weighted by molar-refractivity contribution is 0.0573. The van der Waals surface area contributed by atoms with E-state index in [9.17, 15) is 4.79 Å². The van der Waals surface area contributed by atoms with Crippen molar-refractivity contribution < 1.29 is 13.9 Å². The highest BCUT2D eigenvalue weighted by atomic mass is 16.5. The van der Waals surface area contributed by atoms with Crippen molar-refractivity contribution in [3.63, 3.8) is 0 Å². The Labute approximate surface area is 167 Å². The number of furan rings is 1. The van der Waals surface area contributed by atoms with Crippen LogP contribution in [-0.4, -0.2) is 61.6 Å². The molecule has 1 atom stereocenters. The Hall–Kier alpha value is -2.11. The van der Waals surface area contributed by atoms with Crippen LogP contribution in [0.15, 0.2) is 47.3 Å². The molecule has 1 amide bonds. The van der Waals surface area contributed by atoms with Crippen molar-refractivity contribution in [3.8, 4) is 0 Å². The SMILES string of the molecule is COCCN(C[C@@H]1CCCN(C2Cc3ccccc3C2)C1)C(=O)c1ccoc1. The molecule has 1 saturated heterocycles. The highest BCUT2D eigenvalue weighted by Gasteiger charge is 2.31. The third-order valence-electron chi connectivity index (χ3n) is 6.20. The normalized spacial score (nSPS) is 20.2. The molecule has 150 valence electrons. The van der Waals surface area contributed by atoms with E-state index in [2.05, 4.69) is 29.2 Å². The molecule has 1 aromatic heterocycles. The Balaban J connectivity index is 1.38. The summed E-state index contributed by atoms with van der Waals surface area (Å²) in [5.41, 5.74) is 3.63. The van der Waals surface area contributed by atoms with Gasteiger partial charge >= 0.3 is 0 Å². The summed E-state index contributed by atoms with van der Waals surface area (Å²) in [4.78, 5) is 17.5. The lowest BCUT2D eigenvalue weighted by atomic mass is 9.95. The van der Waals surface area contributed by atoms with Crippen LogP contribution in [0, 0.1) is 5.92 Å². The Morgan fingerprint density at radius 2 is 2.04 bits per heavy atom. The van der Waals surface area contributed by atoms with E-state index < -0.39 is 0 Å². The number of ether oxygens (including phenoxy) is 1. The standard InChI is InChI=1S/C23H30N2O3/c1-27-12-10-25(23(26)21-8-11-28-17-21)16-18-5-4-9-24(15-18)22-13-19-6-2-3-7-20(19)14-22/h2-3,6-8,11,17-18,22H,4-5,9-10,12-16H2,1H3/t18-/m1/s1. The Bertz CT molecular complexity index is 749. The lowest BCUT2D eigenvalue weighted by Crippen LogP contribution is -2.47. The largest absolute Gasteiger partial charge is 0.472 e. The fraction of sp³-hybridized carbons (Fsp3) is 0.522. The van der Waals surface area contributed by atoms with E-state index in [-0.39, 0.29) is 5.91 Å². The minimum Gasteiger partial charge on any atom is -0.472 e. The molecule has 0 radical (unpaired) electrons. The number of likely N-dealkylation sites (tertiary alicyclic amines) is 1. The van der Waals surface area contributed by atoms with Crippen LogP contribution >= 0.6 is 0 Å². The molecule has 1 aliphatic carbocycles. The van der Waals surface area contributed by atoms with Crippen molar-refractivity contribution in [2.75, 3.05) is 39.9 Å². The quantitative estimate of drug-likeness (QED) is 0.737. The number of rotatable bonds is 7. The van der Waals surface area contributed by atoms with Gasteiger partial charge in [0, 0.05) is 32.8 Å². The number of methoxy groups -OCH3 is 1. The molecule has 5 heteroatoms. The van der Waals surface area contributed by atoms with Gasteiger partial charge in [-0.2, -0.15) is 0 Å². The van der Waals surface area contributed by atoms with Crippen LogP contribution in [0.5, 0.6) is 0 Å². The van der Waals surface area contributed by atoms with Gasteiger partial charge in [-0.05, 0) is 55.3 Å². The number of hydrogen-bond acceptors (Lipinski definition) is 4. The fourth-order valence-electron chi connectivity index (χ4n) is 4.73. The van der Waals surface area contributed by atoms with Gasteiger partial charge in [0.05, 0.1) is 18.4 Å². The highest BCUT2D eigenvalue weighted by Crippen LogP contribution is 2.29. The summed E-state index contributed by atoms with van der Waals surface area (Å²) < 4.78 is 10.3. The molecule has 1 aromatic carbocycles. The smallest absolute Gasteiger partial charge is 0.257 e. The molecule has 1 aliphatic heterocycles. The number of carbonyl (C=O) groups is 1. The second kappa shape index (κ2) is 8.93. The minimum atomic E-state index is 0.0381. The predicted octanol–water partition coefficient (Wildman–Crippen LogP) is 3.25. The van der Waals surface area contributed by atoms with Gasteiger partial charge in [-0.1, -0.05) is 24.3 Å². The summed E-state index contributed by atoms with van der Waals surface area (Å²) >= 11 is 0. The molecule has 0 N–H and O–H groups in total. The second-order valence-electron chi connectivity index (χ2n) is 8.09. The van der Waals surface area contributed by atoms with E-state index in [4.69, 9.17) is 9.15 Å². The molecule has 5 nitrogen and oxygen atoms in total. The van der Waals surface area contributed by atoms with Crippen molar-refractivity contribution in [3.05, 3.63) is 59.5 Å². The van der Waals surface area contributed by atoms with Crippen molar-refractivity contribution in [2.45, 2.75) is 31.7 Å². The van der Waals surface area contributed by atoms with E-state index in [0.29, 0.717) is 30.7 Å². The number of amides is 1. The van der Waals surface area contributed by atoms with Crippen molar-refractivity contribution >= 4 is 5.91 Å². The average molecular weight is 383 g/mol. The first-order valence-electron chi connectivity index (χ1n) is 10.4. The van der Waals surface area contributed by atoms with E-state index in [0.717, 1.165) is 25.9 Å². The first-order chi connectivity index (χ1) is 13.7. The summed E-state index contributed by atoms with van der Waals surface area (Å²) in [5, 5.41) is 0. The summed E-state index contributed by atoms with van der Waals surface area (Å²) in [7, 11) is 1.68. The molecule has 0 bridgehead atoms. The lowest BCUT2D eigenvalue weighted by Gasteiger charge is -2.38. The maximum atomic E-state index is 12.9. The highest BCUT2D eigenvalue weighted by molar-refractivity contribution is 5.93. The zero-order valence-electron chi connectivity index (χ0n) is 16.7. The van der Waals surface area contributed by atoms with Gasteiger partial charge in [0.15, 0.2) is 0 Å². The van der Waals surface area contributed by atoms with Gasteiger partial charge in [0.2, 0.25) is 0 Å². The van der Waals surface area contributed by atoms with Gasteiger partial charge in [0.1, 0.15) is 6.26 Å². The number of fused-ring (bicyclic) bond motifs is 1. The van der Waals surface area contributed by atoms with E-state index in [1.807, 2.05) is 4.90 Å².